The first-order valence-electron chi connectivity index (χ1n) is 9.90. The van der Waals surface area contributed by atoms with Crippen LogP contribution in [0.1, 0.15) is 45.0 Å². The number of fused-ring (bicyclic) bond motifs is 1. The van der Waals surface area contributed by atoms with Crippen molar-refractivity contribution >= 4 is 39.2 Å². The number of hydrogen-bond donors (Lipinski definition) is 2. The Morgan fingerprint density at radius 1 is 1.27 bits per heavy atom. The highest BCUT2D eigenvalue weighted by atomic mass is 32.2. The molecule has 1 aromatic carbocycles. The van der Waals surface area contributed by atoms with Crippen LogP contribution in [0.5, 0.6) is 0 Å². The number of amides is 1. The van der Waals surface area contributed by atoms with Crippen LogP contribution in [0.4, 0.5) is 0 Å². The lowest BCUT2D eigenvalue weighted by molar-refractivity contribution is 0.0955. The molecule has 0 unspecified atom stereocenters. The fourth-order valence-electron chi connectivity index (χ4n) is 3.14. The molecule has 0 atom stereocenters. The minimum absolute atomic E-state index is 0.154. The lowest BCUT2D eigenvalue weighted by Gasteiger charge is -2.06. The first-order chi connectivity index (χ1) is 14.4. The van der Waals surface area contributed by atoms with E-state index in [0.29, 0.717) is 45.4 Å². The zero-order valence-corrected chi connectivity index (χ0v) is 19.4. The summed E-state index contributed by atoms with van der Waals surface area (Å²) in [5.41, 5.74) is 2.90. The molecule has 6 nitrogen and oxygen atoms in total. The predicted molar refractivity (Wildman–Crippen MR) is 124 cm³/mol. The van der Waals surface area contributed by atoms with Crippen LogP contribution in [0.3, 0.4) is 0 Å². The number of rotatable bonds is 9. The molecule has 0 aliphatic carbocycles. The van der Waals surface area contributed by atoms with Crippen molar-refractivity contribution in [1.29, 1.82) is 0 Å². The molecule has 3 aromatic rings. The van der Waals surface area contributed by atoms with Crippen molar-refractivity contribution in [2.75, 3.05) is 20.3 Å². The minimum atomic E-state index is -0.190. The number of methoxy groups -OCH3 is 1. The van der Waals surface area contributed by atoms with Crippen molar-refractivity contribution in [2.24, 2.45) is 0 Å². The smallest absolute Gasteiger partial charge is 0.261 e. The summed E-state index contributed by atoms with van der Waals surface area (Å²) >= 11 is 2.93. The summed E-state index contributed by atoms with van der Waals surface area (Å²) in [7, 11) is 1.67. The lowest BCUT2D eigenvalue weighted by atomic mass is 10.2. The average molecular weight is 446 g/mol. The second kappa shape index (κ2) is 10.2. The standard InChI is InChI=1S/C22H27N3O3S2/c1-13-7-8-14(2)16(11-13)29-12-17-24-20(26)18-15(3)19(30-22(18)25-17)21(27)23-9-5-6-10-28-4/h7-8,11H,5-6,9-10,12H2,1-4H3,(H,23,27)(H,24,25,26). The van der Waals surface area contributed by atoms with E-state index in [-0.39, 0.29) is 11.5 Å². The summed E-state index contributed by atoms with van der Waals surface area (Å²) in [6.07, 6.45) is 1.74. The molecule has 3 rings (SSSR count). The van der Waals surface area contributed by atoms with Gasteiger partial charge in [-0.25, -0.2) is 4.98 Å². The Morgan fingerprint density at radius 2 is 2.07 bits per heavy atom. The monoisotopic (exact) mass is 445 g/mol. The number of hydrogen-bond acceptors (Lipinski definition) is 6. The number of unbranched alkanes of at least 4 members (excludes halogenated alkanes) is 1. The summed E-state index contributed by atoms with van der Waals surface area (Å²) in [5, 5.41) is 3.43. The Kier molecular flexibility index (Phi) is 7.69. The molecule has 2 aromatic heterocycles. The summed E-state index contributed by atoms with van der Waals surface area (Å²) < 4.78 is 5.02. The van der Waals surface area contributed by atoms with Gasteiger partial charge in [0, 0.05) is 25.2 Å². The number of H-pyrrole nitrogens is 1. The quantitative estimate of drug-likeness (QED) is 0.378. The van der Waals surface area contributed by atoms with Gasteiger partial charge in [-0.1, -0.05) is 17.7 Å². The van der Waals surface area contributed by atoms with Gasteiger partial charge in [0.15, 0.2) is 0 Å². The maximum absolute atomic E-state index is 12.7. The van der Waals surface area contributed by atoms with Crippen molar-refractivity contribution < 1.29 is 9.53 Å². The van der Waals surface area contributed by atoms with Crippen LogP contribution in [0.25, 0.3) is 10.2 Å². The molecule has 30 heavy (non-hydrogen) atoms. The highest BCUT2D eigenvalue weighted by molar-refractivity contribution is 7.98. The average Bonchev–Trinajstić information content (AvgIpc) is 3.05. The summed E-state index contributed by atoms with van der Waals surface area (Å²) in [5.74, 6) is 1.03. The molecule has 0 saturated heterocycles. The number of thioether (sulfide) groups is 1. The first kappa shape index (κ1) is 22.5. The molecule has 160 valence electrons. The van der Waals surface area contributed by atoms with Gasteiger partial charge in [0.05, 0.1) is 16.0 Å². The third-order valence-electron chi connectivity index (χ3n) is 4.82. The molecule has 0 fully saturated rings. The van der Waals surface area contributed by atoms with E-state index in [9.17, 15) is 9.59 Å². The maximum atomic E-state index is 12.7. The number of aromatic nitrogens is 2. The Balaban J connectivity index is 1.76. The Labute approximate surface area is 184 Å². The van der Waals surface area contributed by atoms with Crippen LogP contribution in [0.2, 0.25) is 0 Å². The number of nitrogens with one attached hydrogen (secondary N) is 2. The van der Waals surface area contributed by atoms with E-state index < -0.39 is 0 Å². The van der Waals surface area contributed by atoms with E-state index in [1.807, 2.05) is 0 Å². The second-order valence-electron chi connectivity index (χ2n) is 7.26. The van der Waals surface area contributed by atoms with E-state index >= 15 is 0 Å². The van der Waals surface area contributed by atoms with E-state index in [1.54, 1.807) is 25.8 Å². The fraction of sp³-hybridized carbons (Fsp3) is 0.409. The number of thiophene rings is 1. The normalized spacial score (nSPS) is 11.2. The van der Waals surface area contributed by atoms with Gasteiger partial charge in [0.2, 0.25) is 0 Å². The number of carbonyl (C=O) groups is 1. The molecule has 8 heteroatoms. The zero-order chi connectivity index (χ0) is 21.7. The van der Waals surface area contributed by atoms with E-state index in [0.717, 1.165) is 12.8 Å². The fourth-order valence-corrected chi connectivity index (χ4v) is 5.25. The van der Waals surface area contributed by atoms with Gasteiger partial charge in [-0.15, -0.1) is 23.1 Å². The van der Waals surface area contributed by atoms with Crippen LogP contribution in [0.15, 0.2) is 27.9 Å². The van der Waals surface area contributed by atoms with Gasteiger partial charge < -0.3 is 15.0 Å². The van der Waals surface area contributed by atoms with Crippen LogP contribution < -0.4 is 10.9 Å². The van der Waals surface area contributed by atoms with Crippen molar-refractivity contribution in [3.63, 3.8) is 0 Å². The van der Waals surface area contributed by atoms with Gasteiger partial charge in [-0.2, -0.15) is 0 Å². The molecule has 2 N–H and O–H groups in total. The van der Waals surface area contributed by atoms with Gasteiger partial charge in [0.25, 0.3) is 11.5 Å². The predicted octanol–water partition coefficient (Wildman–Crippen LogP) is 4.36. The van der Waals surface area contributed by atoms with Crippen LogP contribution >= 0.6 is 23.1 Å². The van der Waals surface area contributed by atoms with Crippen molar-refractivity contribution in [2.45, 2.75) is 44.3 Å². The van der Waals surface area contributed by atoms with Crippen LogP contribution in [-0.2, 0) is 10.5 Å². The molecular weight excluding hydrogens is 418 g/mol. The van der Waals surface area contributed by atoms with Crippen molar-refractivity contribution in [3.8, 4) is 0 Å². The van der Waals surface area contributed by atoms with Gasteiger partial charge in [-0.05, 0) is 50.8 Å². The van der Waals surface area contributed by atoms with Crippen LogP contribution in [-0.4, -0.2) is 36.1 Å². The molecule has 0 aliphatic heterocycles. The highest BCUT2D eigenvalue weighted by Crippen LogP contribution is 2.29. The van der Waals surface area contributed by atoms with Gasteiger partial charge >= 0.3 is 0 Å². The molecule has 0 spiro atoms. The highest BCUT2D eigenvalue weighted by Gasteiger charge is 2.19. The maximum Gasteiger partial charge on any atom is 0.261 e. The summed E-state index contributed by atoms with van der Waals surface area (Å²) in [4.78, 5) is 35.1. The number of carbonyl (C=O) groups excluding carboxylic acids is 1. The van der Waals surface area contributed by atoms with E-state index in [2.05, 4.69) is 47.3 Å². The Morgan fingerprint density at radius 3 is 2.83 bits per heavy atom. The van der Waals surface area contributed by atoms with Crippen LogP contribution in [0, 0.1) is 20.8 Å². The molecule has 0 saturated carbocycles. The first-order valence-corrected chi connectivity index (χ1v) is 11.7. The number of benzene rings is 1. The molecule has 0 bridgehead atoms. The zero-order valence-electron chi connectivity index (χ0n) is 17.8. The number of nitrogens with zero attached hydrogens (tertiary/aromatic N) is 1. The molecule has 1 amide bonds. The van der Waals surface area contributed by atoms with Crippen molar-refractivity contribution in [1.82, 2.24) is 15.3 Å². The van der Waals surface area contributed by atoms with Gasteiger partial charge in [-0.3, -0.25) is 9.59 Å². The number of aryl methyl sites for hydroxylation is 3. The number of aromatic amines is 1. The molecule has 0 radical (unpaired) electrons. The Hall–Kier alpha value is -2.16. The molecular formula is C22H27N3O3S2. The lowest BCUT2D eigenvalue weighted by Crippen LogP contribution is -2.24. The Bertz CT molecular complexity index is 1100. The van der Waals surface area contributed by atoms with E-state index in [1.165, 1.54) is 27.4 Å². The SMILES string of the molecule is COCCCCNC(=O)c1sc2nc(CSc3cc(C)ccc3C)[nH]c(=O)c2c1C. The summed E-state index contributed by atoms with van der Waals surface area (Å²) in [6.45, 7) is 7.20. The van der Waals surface area contributed by atoms with Gasteiger partial charge in [0.1, 0.15) is 10.7 Å². The topological polar surface area (TPSA) is 84.1 Å². The molecule has 0 aliphatic rings. The summed E-state index contributed by atoms with van der Waals surface area (Å²) in [6, 6.07) is 6.32. The third kappa shape index (κ3) is 5.30. The largest absolute Gasteiger partial charge is 0.385 e. The van der Waals surface area contributed by atoms with E-state index in [4.69, 9.17) is 4.74 Å². The molecule has 2 heterocycles. The minimum Gasteiger partial charge on any atom is -0.385 e. The third-order valence-corrected chi connectivity index (χ3v) is 7.18. The number of ether oxygens (including phenoxy) is 1. The van der Waals surface area contributed by atoms with Crippen molar-refractivity contribution in [3.05, 3.63) is 55.9 Å². The second-order valence-corrected chi connectivity index (χ2v) is 9.28.